The predicted molar refractivity (Wildman–Crippen MR) is 88.9 cm³/mol. The van der Waals surface area contributed by atoms with Crippen LogP contribution in [0.25, 0.3) is 10.9 Å². The Labute approximate surface area is 134 Å². The van der Waals surface area contributed by atoms with E-state index in [2.05, 4.69) is 50.5 Å². The summed E-state index contributed by atoms with van der Waals surface area (Å²) in [6.45, 7) is 0.993. The van der Waals surface area contributed by atoms with Gasteiger partial charge in [-0.1, -0.05) is 11.6 Å². The van der Waals surface area contributed by atoms with Gasteiger partial charge in [0.1, 0.15) is 0 Å². The summed E-state index contributed by atoms with van der Waals surface area (Å²) >= 11 is 11.5. The van der Waals surface area contributed by atoms with Crippen LogP contribution in [0, 0.1) is 0 Å². The van der Waals surface area contributed by atoms with Crippen molar-refractivity contribution in [3.05, 3.63) is 55.3 Å². The van der Waals surface area contributed by atoms with Gasteiger partial charge in [-0.3, -0.25) is 0 Å². The predicted octanol–water partition coefficient (Wildman–Crippen LogP) is 4.88. The van der Waals surface area contributed by atoms with Crippen LogP contribution in [0.5, 0.6) is 0 Å². The Kier molecular flexibility index (Phi) is 3.15. The first-order chi connectivity index (χ1) is 9.72. The second-order valence-electron chi connectivity index (χ2n) is 4.99. The van der Waals surface area contributed by atoms with Gasteiger partial charge >= 0.3 is 0 Å². The first kappa shape index (κ1) is 12.9. The fourth-order valence-corrected chi connectivity index (χ4v) is 4.61. The van der Waals surface area contributed by atoms with E-state index >= 15 is 0 Å². The van der Waals surface area contributed by atoms with E-state index in [-0.39, 0.29) is 6.04 Å². The lowest BCUT2D eigenvalue weighted by Crippen LogP contribution is -2.29. The standard InChI is InChI=1S/C15H12BrClN2S/c16-13-4-3-12(20-13)15-14-9(5-6-18-15)10-7-8(17)1-2-11(10)19-14/h1-4,7,15,18-19H,5-6H2. The van der Waals surface area contributed by atoms with Crippen LogP contribution >= 0.6 is 38.9 Å². The van der Waals surface area contributed by atoms with Gasteiger partial charge in [0, 0.05) is 33.0 Å². The maximum Gasteiger partial charge on any atom is 0.0826 e. The summed E-state index contributed by atoms with van der Waals surface area (Å²) in [5, 5.41) is 5.66. The molecule has 1 aliphatic heterocycles. The van der Waals surface area contributed by atoms with Crippen molar-refractivity contribution in [2.75, 3.05) is 6.54 Å². The molecule has 2 N–H and O–H groups in total. The largest absolute Gasteiger partial charge is 0.357 e. The molecule has 0 saturated carbocycles. The summed E-state index contributed by atoms with van der Waals surface area (Å²) in [4.78, 5) is 4.90. The van der Waals surface area contributed by atoms with Gasteiger partial charge in [0.2, 0.25) is 0 Å². The van der Waals surface area contributed by atoms with Crippen LogP contribution in [0.3, 0.4) is 0 Å². The highest BCUT2D eigenvalue weighted by molar-refractivity contribution is 9.11. The van der Waals surface area contributed by atoms with Crippen LogP contribution in [0.4, 0.5) is 0 Å². The molecule has 102 valence electrons. The summed E-state index contributed by atoms with van der Waals surface area (Å²) in [6, 6.07) is 10.6. The van der Waals surface area contributed by atoms with E-state index < -0.39 is 0 Å². The van der Waals surface area contributed by atoms with Gasteiger partial charge < -0.3 is 10.3 Å². The molecule has 0 spiro atoms. The number of hydrogen-bond donors (Lipinski definition) is 2. The van der Waals surface area contributed by atoms with Gasteiger partial charge in [-0.2, -0.15) is 0 Å². The molecule has 0 saturated heterocycles. The van der Waals surface area contributed by atoms with E-state index in [0.29, 0.717) is 0 Å². The third-order valence-electron chi connectivity index (χ3n) is 3.79. The minimum atomic E-state index is 0.251. The Hall–Kier alpha value is -0.810. The van der Waals surface area contributed by atoms with Gasteiger partial charge in [-0.05, 0) is 58.2 Å². The topological polar surface area (TPSA) is 27.8 Å². The van der Waals surface area contributed by atoms with E-state index in [4.69, 9.17) is 11.6 Å². The summed E-state index contributed by atoms with van der Waals surface area (Å²) in [7, 11) is 0. The molecular formula is C15H12BrClN2S. The maximum absolute atomic E-state index is 6.14. The first-order valence-electron chi connectivity index (χ1n) is 6.51. The van der Waals surface area contributed by atoms with Crippen LogP contribution in [0.2, 0.25) is 5.02 Å². The molecule has 0 aliphatic carbocycles. The highest BCUT2D eigenvalue weighted by Crippen LogP contribution is 2.37. The van der Waals surface area contributed by atoms with Crippen LogP contribution < -0.4 is 5.32 Å². The smallest absolute Gasteiger partial charge is 0.0826 e. The van der Waals surface area contributed by atoms with E-state index in [1.54, 1.807) is 11.3 Å². The summed E-state index contributed by atoms with van der Waals surface area (Å²) in [6.07, 6.45) is 1.04. The SMILES string of the molecule is Clc1ccc2[nH]c3c(c2c1)CCNC3c1ccc(Br)s1. The molecule has 2 aromatic heterocycles. The number of rotatable bonds is 1. The number of benzene rings is 1. The van der Waals surface area contributed by atoms with Crippen molar-refractivity contribution in [2.45, 2.75) is 12.5 Å². The highest BCUT2D eigenvalue weighted by Gasteiger charge is 2.26. The van der Waals surface area contributed by atoms with E-state index in [1.165, 1.54) is 30.8 Å². The van der Waals surface area contributed by atoms with E-state index in [1.807, 2.05) is 6.07 Å². The van der Waals surface area contributed by atoms with E-state index in [0.717, 1.165) is 18.0 Å². The Balaban J connectivity index is 1.90. The van der Waals surface area contributed by atoms with Gasteiger partial charge in [-0.15, -0.1) is 11.3 Å². The second-order valence-corrected chi connectivity index (χ2v) is 7.92. The van der Waals surface area contributed by atoms with Gasteiger partial charge in [-0.25, -0.2) is 0 Å². The third-order valence-corrected chi connectivity index (χ3v) is 5.72. The molecule has 0 radical (unpaired) electrons. The molecule has 4 rings (SSSR count). The number of halogens is 2. The molecule has 0 fully saturated rings. The van der Waals surface area contributed by atoms with Crippen molar-refractivity contribution >= 4 is 49.8 Å². The molecule has 3 heterocycles. The molecule has 20 heavy (non-hydrogen) atoms. The number of nitrogens with one attached hydrogen (secondary N) is 2. The molecule has 1 aliphatic rings. The molecule has 0 amide bonds. The summed E-state index contributed by atoms with van der Waals surface area (Å²) in [5.41, 5.74) is 3.85. The lowest BCUT2D eigenvalue weighted by Gasteiger charge is -2.23. The average molecular weight is 368 g/mol. The van der Waals surface area contributed by atoms with Gasteiger partial charge in [0.15, 0.2) is 0 Å². The Bertz CT molecular complexity index is 792. The lowest BCUT2D eigenvalue weighted by molar-refractivity contribution is 0.567. The lowest BCUT2D eigenvalue weighted by atomic mass is 9.98. The van der Waals surface area contributed by atoms with Crippen LogP contribution in [-0.2, 0) is 6.42 Å². The quantitative estimate of drug-likeness (QED) is 0.630. The van der Waals surface area contributed by atoms with Crippen LogP contribution in [0.15, 0.2) is 34.1 Å². The number of thiophene rings is 1. The number of H-pyrrole nitrogens is 1. The molecule has 5 heteroatoms. The molecular weight excluding hydrogens is 356 g/mol. The fourth-order valence-electron chi connectivity index (χ4n) is 2.93. The minimum absolute atomic E-state index is 0.251. The zero-order valence-electron chi connectivity index (χ0n) is 10.5. The summed E-state index contributed by atoms with van der Waals surface area (Å²) in [5.74, 6) is 0. The molecule has 1 aromatic carbocycles. The highest BCUT2D eigenvalue weighted by atomic mass is 79.9. The number of fused-ring (bicyclic) bond motifs is 3. The zero-order chi connectivity index (χ0) is 13.7. The van der Waals surface area contributed by atoms with Gasteiger partial charge in [0.25, 0.3) is 0 Å². The zero-order valence-corrected chi connectivity index (χ0v) is 13.7. The normalized spacial score (nSPS) is 18.4. The molecule has 3 aromatic rings. The van der Waals surface area contributed by atoms with Crippen molar-refractivity contribution < 1.29 is 0 Å². The molecule has 2 nitrogen and oxygen atoms in total. The van der Waals surface area contributed by atoms with Crippen molar-refractivity contribution in [1.82, 2.24) is 10.3 Å². The number of aromatic nitrogens is 1. The van der Waals surface area contributed by atoms with Crippen molar-refractivity contribution in [3.63, 3.8) is 0 Å². The fraction of sp³-hybridized carbons (Fsp3) is 0.200. The van der Waals surface area contributed by atoms with Crippen LogP contribution in [-0.4, -0.2) is 11.5 Å². The minimum Gasteiger partial charge on any atom is -0.357 e. The number of aromatic amines is 1. The Morgan fingerprint density at radius 2 is 2.15 bits per heavy atom. The average Bonchev–Trinajstić information content (AvgIpc) is 3.02. The van der Waals surface area contributed by atoms with Crippen molar-refractivity contribution in [2.24, 2.45) is 0 Å². The Morgan fingerprint density at radius 3 is 2.95 bits per heavy atom. The monoisotopic (exact) mass is 366 g/mol. The Morgan fingerprint density at radius 1 is 1.25 bits per heavy atom. The molecule has 1 unspecified atom stereocenters. The maximum atomic E-state index is 6.14. The molecule has 0 bridgehead atoms. The van der Waals surface area contributed by atoms with Crippen LogP contribution in [0.1, 0.15) is 22.2 Å². The second kappa shape index (κ2) is 4.88. The third kappa shape index (κ3) is 2.02. The summed E-state index contributed by atoms with van der Waals surface area (Å²) < 4.78 is 1.17. The first-order valence-corrected chi connectivity index (χ1v) is 8.50. The molecule has 1 atom stereocenters. The van der Waals surface area contributed by atoms with Crippen molar-refractivity contribution in [1.29, 1.82) is 0 Å². The number of hydrogen-bond acceptors (Lipinski definition) is 2. The van der Waals surface area contributed by atoms with Crippen molar-refractivity contribution in [3.8, 4) is 0 Å². The van der Waals surface area contributed by atoms with Gasteiger partial charge in [0.05, 0.1) is 9.83 Å². The van der Waals surface area contributed by atoms with E-state index in [9.17, 15) is 0 Å².